The molecule has 0 spiro atoms. The van der Waals surface area contributed by atoms with Crippen molar-refractivity contribution in [3.63, 3.8) is 0 Å². The molecule has 2 N–H and O–H groups in total. The average molecular weight is 477 g/mol. The Kier molecular flexibility index (Phi) is 7.10. The Morgan fingerprint density at radius 1 is 1.18 bits per heavy atom. The fraction of sp³-hybridized carbons (Fsp3) is 0.304. The van der Waals surface area contributed by atoms with E-state index in [0.717, 1.165) is 24.0 Å². The predicted octanol–water partition coefficient (Wildman–Crippen LogP) is 4.42. The van der Waals surface area contributed by atoms with Gasteiger partial charge in [0, 0.05) is 19.3 Å². The molecule has 0 saturated carbocycles. The number of hydrogen-bond acceptors (Lipinski definition) is 3. The van der Waals surface area contributed by atoms with Gasteiger partial charge in [0.05, 0.1) is 24.2 Å². The number of benzene rings is 2. The molecule has 0 unspecified atom stereocenters. The molecule has 2 aliphatic heterocycles. The van der Waals surface area contributed by atoms with E-state index in [0.29, 0.717) is 18.7 Å². The maximum absolute atomic E-state index is 13.6. The lowest BCUT2D eigenvalue weighted by atomic mass is 10.0. The van der Waals surface area contributed by atoms with E-state index in [1.165, 1.54) is 29.2 Å². The van der Waals surface area contributed by atoms with Gasteiger partial charge in [0.15, 0.2) is 0 Å². The lowest BCUT2D eigenvalue weighted by molar-refractivity contribution is 0.0253. The predicted molar refractivity (Wildman–Crippen MR) is 119 cm³/mol. The van der Waals surface area contributed by atoms with Crippen molar-refractivity contribution < 1.29 is 23.2 Å². The van der Waals surface area contributed by atoms with Gasteiger partial charge in [-0.3, -0.25) is 9.74 Å². The Labute approximate surface area is 194 Å². The minimum absolute atomic E-state index is 0.0126. The largest absolute Gasteiger partial charge is 0.345 e. The van der Waals surface area contributed by atoms with Crippen LogP contribution < -0.4 is 10.8 Å². The van der Waals surface area contributed by atoms with E-state index < -0.39 is 11.8 Å². The number of nitrogens with one attached hydrogen (secondary N) is 2. The third-order valence-corrected chi connectivity index (χ3v) is 6.10. The average Bonchev–Trinajstić information content (AvgIpc) is 3.28. The van der Waals surface area contributed by atoms with Crippen LogP contribution in [0.5, 0.6) is 0 Å². The number of rotatable bonds is 5. The van der Waals surface area contributed by atoms with Crippen LogP contribution >= 0.6 is 11.6 Å². The van der Waals surface area contributed by atoms with Crippen molar-refractivity contribution in [2.24, 2.45) is 0 Å². The fourth-order valence-electron chi connectivity index (χ4n) is 3.90. The van der Waals surface area contributed by atoms with Gasteiger partial charge in [-0.15, -0.1) is 0 Å². The lowest BCUT2D eigenvalue weighted by Gasteiger charge is -2.26. The molecule has 2 aliphatic rings. The number of halogens is 3. The molecule has 1 saturated heterocycles. The van der Waals surface area contributed by atoms with E-state index >= 15 is 0 Å². The van der Waals surface area contributed by atoms with E-state index in [1.807, 2.05) is 0 Å². The second-order valence-electron chi connectivity index (χ2n) is 7.87. The molecule has 10 heteroatoms. The van der Waals surface area contributed by atoms with Crippen molar-refractivity contribution >= 4 is 29.7 Å². The molecule has 0 radical (unpaired) electrons. The van der Waals surface area contributed by atoms with Crippen LogP contribution in [0.25, 0.3) is 6.08 Å². The molecular formula is C23H23ClF2N4O3. The molecule has 2 aromatic rings. The summed E-state index contributed by atoms with van der Waals surface area (Å²) in [5.41, 5.74) is 4.44. The van der Waals surface area contributed by atoms with Gasteiger partial charge in [-0.2, -0.15) is 0 Å². The summed E-state index contributed by atoms with van der Waals surface area (Å²) in [7, 11) is 0. The monoisotopic (exact) mass is 476 g/mol. The maximum Gasteiger partial charge on any atom is 0.345 e. The van der Waals surface area contributed by atoms with Gasteiger partial charge in [-0.1, -0.05) is 29.8 Å². The summed E-state index contributed by atoms with van der Waals surface area (Å²) < 4.78 is 26.9. The summed E-state index contributed by atoms with van der Waals surface area (Å²) in [6, 6.07) is 7.86. The van der Waals surface area contributed by atoms with Gasteiger partial charge in [0.25, 0.3) is 0 Å². The fourth-order valence-corrected chi connectivity index (χ4v) is 4.10. The zero-order chi connectivity index (χ0) is 23.4. The number of carbonyl (C=O) groups excluding carboxylic acids is 2. The molecule has 174 valence electrons. The Morgan fingerprint density at radius 3 is 2.88 bits per heavy atom. The van der Waals surface area contributed by atoms with Crippen LogP contribution in [0.4, 0.5) is 18.4 Å². The molecule has 4 amide bonds. The molecule has 2 heterocycles. The van der Waals surface area contributed by atoms with E-state index in [9.17, 15) is 18.4 Å². The van der Waals surface area contributed by atoms with Crippen LogP contribution in [0.2, 0.25) is 5.02 Å². The number of carbonyl (C=O) groups is 2. The lowest BCUT2D eigenvalue weighted by Crippen LogP contribution is -2.46. The van der Waals surface area contributed by atoms with Crippen molar-refractivity contribution in [1.82, 2.24) is 20.6 Å². The van der Waals surface area contributed by atoms with Crippen molar-refractivity contribution in [2.75, 3.05) is 13.2 Å². The van der Waals surface area contributed by atoms with E-state index in [-0.39, 0.29) is 36.1 Å². The molecule has 0 aromatic heterocycles. The van der Waals surface area contributed by atoms with Crippen LogP contribution in [0.1, 0.15) is 29.5 Å². The highest BCUT2D eigenvalue weighted by molar-refractivity contribution is 6.31. The second kappa shape index (κ2) is 10.2. The van der Waals surface area contributed by atoms with Crippen molar-refractivity contribution in [3.8, 4) is 0 Å². The van der Waals surface area contributed by atoms with Gasteiger partial charge >= 0.3 is 12.1 Å². The van der Waals surface area contributed by atoms with Crippen LogP contribution in [0, 0.1) is 11.6 Å². The Balaban J connectivity index is 1.24. The van der Waals surface area contributed by atoms with Gasteiger partial charge < -0.3 is 10.2 Å². The number of nitrogens with zero attached hydrogens (tertiary/aromatic N) is 2. The molecule has 0 aliphatic carbocycles. The van der Waals surface area contributed by atoms with E-state index in [2.05, 4.69) is 10.8 Å². The smallest absolute Gasteiger partial charge is 0.334 e. The maximum atomic E-state index is 13.6. The first-order valence-electron chi connectivity index (χ1n) is 10.5. The number of amides is 4. The van der Waals surface area contributed by atoms with Gasteiger partial charge in [0.1, 0.15) is 11.6 Å². The minimum Gasteiger partial charge on any atom is -0.334 e. The molecule has 2 aromatic carbocycles. The van der Waals surface area contributed by atoms with Crippen LogP contribution in [0.15, 0.2) is 42.6 Å². The second-order valence-corrected chi connectivity index (χ2v) is 8.24. The number of hydrogen-bond donors (Lipinski definition) is 2. The highest BCUT2D eigenvalue weighted by Crippen LogP contribution is 2.22. The highest BCUT2D eigenvalue weighted by atomic mass is 35.5. The summed E-state index contributed by atoms with van der Waals surface area (Å²) in [5.74, 6) is -0.866. The van der Waals surface area contributed by atoms with Crippen molar-refractivity contribution in [1.29, 1.82) is 0 Å². The minimum atomic E-state index is -0.536. The van der Waals surface area contributed by atoms with E-state index in [1.54, 1.807) is 29.3 Å². The molecule has 1 fully saturated rings. The van der Waals surface area contributed by atoms with Gasteiger partial charge in [-0.05, 0) is 53.8 Å². The normalized spacial score (nSPS) is 17.1. The number of hydroxylamine groups is 1. The van der Waals surface area contributed by atoms with Gasteiger partial charge in [0.2, 0.25) is 0 Å². The quantitative estimate of drug-likeness (QED) is 0.627. The molecule has 7 nitrogen and oxygen atoms in total. The topological polar surface area (TPSA) is 73.9 Å². The summed E-state index contributed by atoms with van der Waals surface area (Å²) in [6.45, 7) is 1.07. The Bertz CT molecular complexity index is 1080. The van der Waals surface area contributed by atoms with Crippen molar-refractivity contribution in [2.45, 2.75) is 32.0 Å². The van der Waals surface area contributed by atoms with E-state index in [4.69, 9.17) is 16.4 Å². The van der Waals surface area contributed by atoms with Crippen LogP contribution in [-0.4, -0.2) is 41.1 Å². The molecular weight excluding hydrogens is 454 g/mol. The van der Waals surface area contributed by atoms with Crippen LogP contribution in [0.3, 0.4) is 0 Å². The Hall–Kier alpha value is -3.17. The third-order valence-electron chi connectivity index (χ3n) is 5.68. The molecule has 4 rings (SSSR count). The number of likely N-dealkylation sites (tertiary alicyclic amines) is 1. The SMILES string of the molecule is O=C(NOC[C@@H]1CCCN1C(=O)NCc1cccc(F)c1Cl)N1C=Cc2cc(F)ccc2C1. The summed E-state index contributed by atoms with van der Waals surface area (Å²) in [6.07, 6.45) is 4.76. The summed E-state index contributed by atoms with van der Waals surface area (Å²) in [5, 5.41) is 2.74. The number of urea groups is 2. The molecule has 0 bridgehead atoms. The number of fused-ring (bicyclic) bond motifs is 1. The summed E-state index contributed by atoms with van der Waals surface area (Å²) in [4.78, 5) is 33.5. The molecule has 1 atom stereocenters. The first-order chi connectivity index (χ1) is 15.9. The summed E-state index contributed by atoms with van der Waals surface area (Å²) >= 11 is 5.94. The highest BCUT2D eigenvalue weighted by Gasteiger charge is 2.29. The molecule has 33 heavy (non-hydrogen) atoms. The first-order valence-corrected chi connectivity index (χ1v) is 10.9. The zero-order valence-electron chi connectivity index (χ0n) is 17.7. The first kappa shape index (κ1) is 23.0. The van der Waals surface area contributed by atoms with Crippen molar-refractivity contribution in [3.05, 3.63) is 75.9 Å². The standard InChI is InChI=1S/C23H23ClF2N4O3/c24-21-16(3-1-5-20(21)26)12-27-22(31)30-9-2-4-19(30)14-33-28-23(32)29-10-8-15-11-18(25)7-6-17(15)13-29/h1,3,5-8,10-11,19H,2,4,9,12-14H2,(H,27,31)(H,28,32)/t19-/m0/s1. The Morgan fingerprint density at radius 2 is 2.03 bits per heavy atom. The zero-order valence-corrected chi connectivity index (χ0v) is 18.4. The third kappa shape index (κ3) is 5.43. The van der Waals surface area contributed by atoms with Gasteiger partial charge in [-0.25, -0.2) is 23.9 Å². The van der Waals surface area contributed by atoms with Crippen LogP contribution in [-0.2, 0) is 17.9 Å².